The lowest BCUT2D eigenvalue weighted by Gasteiger charge is -2.28. The fourth-order valence-corrected chi connectivity index (χ4v) is 4.85. The smallest absolute Gasteiger partial charge is 0.325 e. The second-order valence-electron chi connectivity index (χ2n) is 10.3. The lowest BCUT2D eigenvalue weighted by atomic mass is 9.87. The molecule has 1 heterocycles. The lowest BCUT2D eigenvalue weighted by Crippen LogP contribution is -2.48. The highest BCUT2D eigenvalue weighted by atomic mass is 16.5. The molecule has 1 unspecified atom stereocenters. The van der Waals surface area contributed by atoms with E-state index in [1.54, 1.807) is 20.3 Å². The predicted octanol–water partition coefficient (Wildman–Crippen LogP) is 3.75. The summed E-state index contributed by atoms with van der Waals surface area (Å²) in [4.78, 5) is 37.8. The molecule has 3 rings (SSSR count). The molecule has 2 aromatic rings. The molecule has 10 heteroatoms. The Morgan fingerprint density at radius 2 is 1.68 bits per heavy atom. The second kappa shape index (κ2) is 13.3. The fraction of sp³-hybridized carbons (Fsp3) is 0.571. The van der Waals surface area contributed by atoms with Crippen LogP contribution >= 0.6 is 0 Å². The molecule has 2 amide bonds. The Balaban J connectivity index is 1.97. The molecule has 0 radical (unpaired) electrons. The van der Waals surface area contributed by atoms with Crippen LogP contribution in [0.15, 0.2) is 24.3 Å². The quantitative estimate of drug-likeness (QED) is 0.426. The van der Waals surface area contributed by atoms with Crippen molar-refractivity contribution in [1.29, 1.82) is 0 Å². The number of carbonyl (C=O) groups is 3. The van der Waals surface area contributed by atoms with Gasteiger partial charge in [0.1, 0.15) is 24.1 Å². The van der Waals surface area contributed by atoms with Gasteiger partial charge in [0.25, 0.3) is 5.91 Å². The van der Waals surface area contributed by atoms with Crippen molar-refractivity contribution in [1.82, 2.24) is 20.4 Å². The van der Waals surface area contributed by atoms with Crippen molar-refractivity contribution in [3.63, 3.8) is 0 Å². The molecule has 0 bridgehead atoms. The number of nitrogens with zero attached hydrogens (tertiary/aromatic N) is 2. The zero-order valence-corrected chi connectivity index (χ0v) is 23.2. The Morgan fingerprint density at radius 1 is 1.05 bits per heavy atom. The number of rotatable bonds is 11. The minimum Gasteiger partial charge on any atom is -0.496 e. The normalized spacial score (nSPS) is 18.0. The summed E-state index contributed by atoms with van der Waals surface area (Å²) in [6.07, 6.45) is 4.44. The molecule has 1 atom stereocenters. The number of amides is 2. The van der Waals surface area contributed by atoms with Crippen LogP contribution in [0.2, 0.25) is 0 Å². The molecule has 208 valence electrons. The summed E-state index contributed by atoms with van der Waals surface area (Å²) in [7, 11) is 4.44. The first-order chi connectivity index (χ1) is 18.2. The molecular weight excluding hydrogens is 488 g/mol. The van der Waals surface area contributed by atoms with E-state index in [4.69, 9.17) is 14.6 Å². The summed E-state index contributed by atoms with van der Waals surface area (Å²) in [6.45, 7) is 5.89. The summed E-state index contributed by atoms with van der Waals surface area (Å²) in [5, 5.41) is 10.1. The lowest BCUT2D eigenvalue weighted by molar-refractivity contribution is -0.141. The molecule has 38 heavy (non-hydrogen) atoms. The van der Waals surface area contributed by atoms with Gasteiger partial charge in [-0.2, -0.15) is 5.10 Å². The fourth-order valence-electron chi connectivity index (χ4n) is 4.85. The average Bonchev–Trinajstić information content (AvgIpc) is 3.35. The Morgan fingerprint density at radius 3 is 2.24 bits per heavy atom. The van der Waals surface area contributed by atoms with E-state index >= 15 is 0 Å². The summed E-state index contributed by atoms with van der Waals surface area (Å²) in [5.41, 5.74) is 1.64. The molecule has 1 fully saturated rings. The van der Waals surface area contributed by atoms with Gasteiger partial charge in [-0.1, -0.05) is 26.8 Å². The Hall–Kier alpha value is -3.56. The third-order valence-electron chi connectivity index (χ3n) is 6.95. The van der Waals surface area contributed by atoms with Gasteiger partial charge in [-0.25, -0.2) is 0 Å². The maximum atomic E-state index is 13.5. The van der Waals surface area contributed by atoms with Gasteiger partial charge in [-0.15, -0.1) is 0 Å². The van der Waals surface area contributed by atoms with E-state index in [1.165, 1.54) is 7.11 Å². The van der Waals surface area contributed by atoms with E-state index in [0.717, 1.165) is 36.9 Å². The number of methoxy groups -OCH3 is 3. The van der Waals surface area contributed by atoms with E-state index in [0.29, 0.717) is 23.8 Å². The largest absolute Gasteiger partial charge is 0.496 e. The number of benzene rings is 1. The summed E-state index contributed by atoms with van der Waals surface area (Å²) < 4.78 is 17.8. The topological polar surface area (TPSA) is 121 Å². The minimum absolute atomic E-state index is 0.118. The number of aromatic nitrogens is 2. The number of hydrogen-bond acceptors (Lipinski definition) is 7. The molecule has 0 saturated heterocycles. The molecule has 1 aromatic heterocycles. The molecule has 1 saturated carbocycles. The van der Waals surface area contributed by atoms with Crippen molar-refractivity contribution in [3.05, 3.63) is 30.0 Å². The highest BCUT2D eigenvalue weighted by molar-refractivity contribution is 5.97. The van der Waals surface area contributed by atoms with Crippen molar-refractivity contribution in [2.75, 3.05) is 27.9 Å². The molecule has 0 spiro atoms. The van der Waals surface area contributed by atoms with Crippen molar-refractivity contribution in [2.24, 2.45) is 11.8 Å². The van der Waals surface area contributed by atoms with Crippen molar-refractivity contribution in [3.8, 4) is 22.8 Å². The summed E-state index contributed by atoms with van der Waals surface area (Å²) >= 11 is 0. The summed E-state index contributed by atoms with van der Waals surface area (Å²) in [6, 6.07) is 6.56. The first-order valence-electron chi connectivity index (χ1n) is 13.1. The zero-order chi connectivity index (χ0) is 27.8. The van der Waals surface area contributed by atoms with Crippen LogP contribution in [0.3, 0.4) is 0 Å². The minimum atomic E-state index is -0.836. The molecule has 10 nitrogen and oxygen atoms in total. The first-order valence-corrected chi connectivity index (χ1v) is 13.1. The van der Waals surface area contributed by atoms with Gasteiger partial charge >= 0.3 is 5.97 Å². The molecule has 1 aromatic carbocycles. The predicted molar refractivity (Wildman–Crippen MR) is 143 cm³/mol. The van der Waals surface area contributed by atoms with Gasteiger partial charge in [-0.05, 0) is 62.1 Å². The van der Waals surface area contributed by atoms with Gasteiger partial charge < -0.3 is 24.8 Å². The van der Waals surface area contributed by atoms with Crippen LogP contribution in [0.25, 0.3) is 11.3 Å². The van der Waals surface area contributed by atoms with Crippen LogP contribution in [0.5, 0.6) is 11.5 Å². The zero-order valence-electron chi connectivity index (χ0n) is 23.2. The highest BCUT2D eigenvalue weighted by Gasteiger charge is 2.29. The van der Waals surface area contributed by atoms with E-state index < -0.39 is 23.8 Å². The standard InChI is InChI=1S/C28H40N4O6/c1-17(2)14-20(27(34)29-16-25(33)38-6)30-28(35)21-15-22(26-23(36-4)8-7-9-24(26)37-5)32(31-21)19-12-10-18(3)11-13-19/h7-9,15,17-20H,10-14,16H2,1-6H3,(H,29,34)(H,30,35). The Kier molecular flexibility index (Phi) is 10.2. The Labute approximate surface area is 224 Å². The monoisotopic (exact) mass is 528 g/mol. The number of esters is 1. The molecule has 0 aliphatic heterocycles. The van der Waals surface area contributed by atoms with Gasteiger partial charge in [0.05, 0.1) is 38.6 Å². The van der Waals surface area contributed by atoms with Crippen LogP contribution < -0.4 is 20.1 Å². The van der Waals surface area contributed by atoms with Gasteiger partial charge in [0.15, 0.2) is 5.69 Å². The van der Waals surface area contributed by atoms with Gasteiger partial charge in [-0.3, -0.25) is 19.1 Å². The van der Waals surface area contributed by atoms with E-state index in [-0.39, 0.29) is 24.2 Å². The third kappa shape index (κ3) is 7.05. The first kappa shape index (κ1) is 29.0. The average molecular weight is 529 g/mol. The maximum Gasteiger partial charge on any atom is 0.325 e. The molecule has 2 N–H and O–H groups in total. The number of carbonyl (C=O) groups excluding carboxylic acids is 3. The number of nitrogens with one attached hydrogen (secondary N) is 2. The van der Waals surface area contributed by atoms with Crippen LogP contribution in [-0.2, 0) is 14.3 Å². The van der Waals surface area contributed by atoms with Crippen LogP contribution in [0.4, 0.5) is 0 Å². The second-order valence-corrected chi connectivity index (χ2v) is 10.3. The van der Waals surface area contributed by atoms with E-state index in [2.05, 4.69) is 22.3 Å². The highest BCUT2D eigenvalue weighted by Crippen LogP contribution is 2.42. The van der Waals surface area contributed by atoms with Gasteiger partial charge in [0, 0.05) is 0 Å². The SMILES string of the molecule is COC(=O)CNC(=O)C(CC(C)C)NC(=O)c1cc(-c2c(OC)cccc2OC)n(C2CCC(C)CC2)n1. The Bertz CT molecular complexity index is 1100. The number of hydrogen-bond donors (Lipinski definition) is 2. The van der Waals surface area contributed by atoms with E-state index in [9.17, 15) is 14.4 Å². The molecular formula is C28H40N4O6. The summed E-state index contributed by atoms with van der Waals surface area (Å²) in [5.74, 6) is 0.507. The van der Waals surface area contributed by atoms with Crippen molar-refractivity contribution >= 4 is 17.8 Å². The molecule has 1 aliphatic rings. The molecule has 1 aliphatic carbocycles. The van der Waals surface area contributed by atoms with Crippen molar-refractivity contribution in [2.45, 2.75) is 65.0 Å². The van der Waals surface area contributed by atoms with Crippen LogP contribution in [-0.4, -0.2) is 61.5 Å². The van der Waals surface area contributed by atoms with Crippen LogP contribution in [0.1, 0.15) is 69.4 Å². The van der Waals surface area contributed by atoms with Crippen molar-refractivity contribution < 1.29 is 28.6 Å². The third-order valence-corrected chi connectivity index (χ3v) is 6.95. The van der Waals surface area contributed by atoms with Gasteiger partial charge in [0.2, 0.25) is 5.91 Å². The maximum absolute atomic E-state index is 13.5. The van der Waals surface area contributed by atoms with E-state index in [1.807, 2.05) is 36.7 Å². The number of ether oxygens (including phenoxy) is 3. The van der Waals surface area contributed by atoms with Crippen LogP contribution in [0, 0.1) is 11.8 Å².